The lowest BCUT2D eigenvalue weighted by atomic mass is 10.2. The fourth-order valence-electron chi connectivity index (χ4n) is 2.73. The van der Waals surface area contributed by atoms with E-state index in [1.165, 1.54) is 5.69 Å². The van der Waals surface area contributed by atoms with Gasteiger partial charge in [-0.25, -0.2) is 0 Å². The highest BCUT2D eigenvalue weighted by molar-refractivity contribution is 7.80. The van der Waals surface area contributed by atoms with Crippen LogP contribution in [-0.4, -0.2) is 46.4 Å². The lowest BCUT2D eigenvalue weighted by molar-refractivity contribution is 0.495. The summed E-state index contributed by atoms with van der Waals surface area (Å²) in [5, 5.41) is 17.0. The number of aryl methyl sites for hydroxylation is 2. The summed E-state index contributed by atoms with van der Waals surface area (Å²) in [5.41, 5.74) is 4.17. The molecule has 0 atom stereocenters. The van der Waals surface area contributed by atoms with Crippen molar-refractivity contribution in [2.75, 3.05) is 12.4 Å². The Morgan fingerprint density at radius 3 is 2.77 bits per heavy atom. The largest absolute Gasteiger partial charge is 0.346 e. The van der Waals surface area contributed by atoms with Gasteiger partial charge in [0.15, 0.2) is 5.11 Å². The molecule has 0 aliphatic carbocycles. The van der Waals surface area contributed by atoms with Crippen molar-refractivity contribution in [3.63, 3.8) is 0 Å². The maximum absolute atomic E-state index is 5.47. The molecule has 0 fully saturated rings. The molecule has 3 heterocycles. The van der Waals surface area contributed by atoms with Gasteiger partial charge < -0.3 is 10.2 Å². The maximum atomic E-state index is 5.47. The highest BCUT2D eigenvalue weighted by Gasteiger charge is 2.10. The molecule has 0 radical (unpaired) electrons. The third-order valence-electron chi connectivity index (χ3n) is 4.24. The molecule has 3 rings (SSSR count). The van der Waals surface area contributed by atoms with Crippen LogP contribution in [-0.2, 0) is 26.7 Å². The first-order valence-corrected chi connectivity index (χ1v) is 8.91. The van der Waals surface area contributed by atoms with Crippen molar-refractivity contribution < 1.29 is 0 Å². The summed E-state index contributed by atoms with van der Waals surface area (Å²) >= 11 is 5.47. The number of rotatable bonds is 6. The number of nitrogens with one attached hydrogen (secondary N) is 1. The van der Waals surface area contributed by atoms with E-state index < -0.39 is 0 Å². The predicted molar refractivity (Wildman–Crippen MR) is 105 cm³/mol. The van der Waals surface area contributed by atoms with Crippen molar-refractivity contribution in [3.05, 3.63) is 47.8 Å². The molecule has 26 heavy (non-hydrogen) atoms. The minimum atomic E-state index is 0.630. The van der Waals surface area contributed by atoms with E-state index in [4.69, 9.17) is 12.2 Å². The molecule has 0 bridgehead atoms. The zero-order valence-electron chi connectivity index (χ0n) is 15.5. The summed E-state index contributed by atoms with van der Waals surface area (Å²) in [6.07, 6.45) is 7.55. The number of hydrogen-bond donors (Lipinski definition) is 1. The average Bonchev–Trinajstić information content (AvgIpc) is 3.30. The van der Waals surface area contributed by atoms with E-state index in [0.717, 1.165) is 23.5 Å². The Bertz CT molecular complexity index is 890. The molecule has 0 unspecified atom stereocenters. The molecule has 0 aliphatic heterocycles. The molecule has 0 amide bonds. The second-order valence-electron chi connectivity index (χ2n) is 6.26. The second-order valence-corrected chi connectivity index (χ2v) is 6.65. The molecule has 0 aliphatic rings. The fraction of sp³-hybridized carbons (Fsp3) is 0.412. The van der Waals surface area contributed by atoms with Crippen LogP contribution in [0.5, 0.6) is 0 Å². The van der Waals surface area contributed by atoms with Gasteiger partial charge in [0.05, 0.1) is 36.9 Å². The summed E-state index contributed by atoms with van der Waals surface area (Å²) < 4.78 is 5.65. The third kappa shape index (κ3) is 4.10. The van der Waals surface area contributed by atoms with E-state index in [2.05, 4.69) is 34.5 Å². The molecular formula is C17H24N8S. The molecule has 8 nitrogen and oxygen atoms in total. The molecule has 0 saturated heterocycles. The molecule has 0 aromatic carbocycles. The lowest BCUT2D eigenvalue weighted by Gasteiger charge is -2.19. The lowest BCUT2D eigenvalue weighted by Crippen LogP contribution is -2.30. The second kappa shape index (κ2) is 7.69. The molecule has 3 aromatic rings. The van der Waals surface area contributed by atoms with E-state index >= 15 is 0 Å². The first-order chi connectivity index (χ1) is 12.5. The number of anilines is 1. The number of nitrogens with zero attached hydrogens (tertiary/aromatic N) is 7. The van der Waals surface area contributed by atoms with Crippen LogP contribution < -0.4 is 5.32 Å². The zero-order chi connectivity index (χ0) is 18.7. The molecule has 0 spiro atoms. The topological polar surface area (TPSA) is 68.7 Å². The van der Waals surface area contributed by atoms with E-state index in [1.54, 1.807) is 10.9 Å². The molecular weight excluding hydrogens is 348 g/mol. The smallest absolute Gasteiger partial charge is 0.173 e. The quantitative estimate of drug-likeness (QED) is 0.668. The molecule has 1 N–H and O–H groups in total. The van der Waals surface area contributed by atoms with Gasteiger partial charge in [-0.3, -0.25) is 14.0 Å². The van der Waals surface area contributed by atoms with E-state index in [0.29, 0.717) is 18.2 Å². The highest BCUT2D eigenvalue weighted by atomic mass is 32.1. The van der Waals surface area contributed by atoms with Crippen molar-refractivity contribution in [1.29, 1.82) is 0 Å². The van der Waals surface area contributed by atoms with Crippen LogP contribution in [0, 0.1) is 6.92 Å². The molecule has 3 aromatic heterocycles. The molecule has 0 saturated carbocycles. The van der Waals surface area contributed by atoms with E-state index in [1.807, 2.05) is 53.0 Å². The predicted octanol–water partition coefficient (Wildman–Crippen LogP) is 2.02. The van der Waals surface area contributed by atoms with E-state index in [-0.39, 0.29) is 0 Å². The van der Waals surface area contributed by atoms with Crippen LogP contribution in [0.4, 0.5) is 5.69 Å². The van der Waals surface area contributed by atoms with Crippen molar-refractivity contribution in [2.24, 2.45) is 7.05 Å². The average molecular weight is 373 g/mol. The summed E-state index contributed by atoms with van der Waals surface area (Å²) in [5.74, 6) is 0. The summed E-state index contributed by atoms with van der Waals surface area (Å²) in [6.45, 7) is 6.37. The van der Waals surface area contributed by atoms with Crippen LogP contribution in [0.1, 0.15) is 23.9 Å². The van der Waals surface area contributed by atoms with Gasteiger partial charge >= 0.3 is 0 Å². The Morgan fingerprint density at radius 1 is 1.31 bits per heavy atom. The Balaban J connectivity index is 1.58. The van der Waals surface area contributed by atoms with Gasteiger partial charge in [0.1, 0.15) is 0 Å². The van der Waals surface area contributed by atoms with Gasteiger partial charge in [-0.05, 0) is 32.1 Å². The summed E-state index contributed by atoms with van der Waals surface area (Å²) in [4.78, 5) is 1.95. The van der Waals surface area contributed by atoms with Gasteiger partial charge in [0.25, 0.3) is 0 Å². The molecule has 138 valence electrons. The van der Waals surface area contributed by atoms with Crippen LogP contribution in [0.2, 0.25) is 0 Å². The van der Waals surface area contributed by atoms with Crippen LogP contribution in [0.25, 0.3) is 0 Å². The fourth-order valence-corrected chi connectivity index (χ4v) is 2.91. The highest BCUT2D eigenvalue weighted by Crippen LogP contribution is 2.12. The SMILES string of the molecule is CCn1ncc(Cn2cc(NC(=S)N(C)Cc3ccn(C)n3)cn2)c1C. The van der Waals surface area contributed by atoms with Gasteiger partial charge in [-0.2, -0.15) is 15.3 Å². The minimum Gasteiger partial charge on any atom is -0.346 e. The summed E-state index contributed by atoms with van der Waals surface area (Å²) in [7, 11) is 3.84. The Morgan fingerprint density at radius 2 is 2.12 bits per heavy atom. The van der Waals surface area contributed by atoms with Crippen molar-refractivity contribution in [1.82, 2.24) is 34.2 Å². The van der Waals surface area contributed by atoms with Crippen LogP contribution in [0.3, 0.4) is 0 Å². The summed E-state index contributed by atoms with van der Waals surface area (Å²) in [6, 6.07) is 1.98. The van der Waals surface area contributed by atoms with E-state index in [9.17, 15) is 0 Å². The van der Waals surface area contributed by atoms with Crippen LogP contribution in [0.15, 0.2) is 30.9 Å². The Labute approximate surface area is 158 Å². The van der Waals surface area contributed by atoms with Gasteiger partial charge in [0, 0.05) is 44.3 Å². The number of thiocarbonyl (C=S) groups is 1. The monoisotopic (exact) mass is 372 g/mol. The zero-order valence-corrected chi connectivity index (χ0v) is 16.4. The number of aromatic nitrogens is 6. The van der Waals surface area contributed by atoms with Crippen molar-refractivity contribution in [2.45, 2.75) is 33.5 Å². The van der Waals surface area contributed by atoms with Gasteiger partial charge in [-0.15, -0.1) is 0 Å². The Hall–Kier alpha value is -2.68. The number of hydrogen-bond acceptors (Lipinski definition) is 4. The van der Waals surface area contributed by atoms with Gasteiger partial charge in [0.2, 0.25) is 0 Å². The third-order valence-corrected chi connectivity index (χ3v) is 4.65. The first-order valence-electron chi connectivity index (χ1n) is 8.50. The maximum Gasteiger partial charge on any atom is 0.173 e. The van der Waals surface area contributed by atoms with Crippen molar-refractivity contribution >= 4 is 23.0 Å². The van der Waals surface area contributed by atoms with Crippen molar-refractivity contribution in [3.8, 4) is 0 Å². The minimum absolute atomic E-state index is 0.630. The van der Waals surface area contributed by atoms with Gasteiger partial charge in [-0.1, -0.05) is 0 Å². The standard InChI is InChI=1S/C17H24N8S/c1-5-25-13(2)14(8-19-25)10-24-12-16(9-18-24)20-17(26)22(3)11-15-6-7-23(4)21-15/h6-9,12H,5,10-11H2,1-4H3,(H,20,26). The first kappa shape index (κ1) is 18.1. The Kier molecular flexibility index (Phi) is 5.36. The normalized spacial score (nSPS) is 10.9. The molecule has 9 heteroatoms. The van der Waals surface area contributed by atoms with Crippen LogP contribution >= 0.6 is 12.2 Å².